The molecule has 2 rings (SSSR count). The topological polar surface area (TPSA) is 20.2 Å². The molecule has 1 unspecified atom stereocenters. The van der Waals surface area contributed by atoms with Gasteiger partial charge >= 0.3 is 6.18 Å². The molecule has 0 bridgehead atoms. The van der Waals surface area contributed by atoms with E-state index in [9.17, 15) is 18.3 Å². The van der Waals surface area contributed by atoms with Gasteiger partial charge in [-0.25, -0.2) is 0 Å². The van der Waals surface area contributed by atoms with E-state index in [1.54, 1.807) is 0 Å². The van der Waals surface area contributed by atoms with E-state index < -0.39 is 17.8 Å². The van der Waals surface area contributed by atoms with Crippen molar-refractivity contribution in [3.05, 3.63) is 65.2 Å². The van der Waals surface area contributed by atoms with Crippen LogP contribution in [-0.2, 0) is 6.18 Å². The number of alkyl halides is 3. The lowest BCUT2D eigenvalue weighted by Crippen LogP contribution is -2.07. The summed E-state index contributed by atoms with van der Waals surface area (Å²) in [5, 5.41) is 10.1. The summed E-state index contributed by atoms with van der Waals surface area (Å²) in [6, 6.07) is 12.6. The predicted octanol–water partition coefficient (Wildman–Crippen LogP) is 4.84. The molecule has 0 heterocycles. The monoisotopic (exact) mass is 312 g/mol. The Bertz CT molecular complexity index is 610. The Kier molecular flexibility index (Phi) is 4.96. The van der Waals surface area contributed by atoms with Crippen molar-refractivity contribution in [1.29, 1.82) is 0 Å². The molecule has 0 aliphatic heterocycles. The van der Waals surface area contributed by atoms with Gasteiger partial charge in [-0.2, -0.15) is 13.2 Å². The average molecular weight is 312 g/mol. The lowest BCUT2D eigenvalue weighted by molar-refractivity contribution is -0.137. The second kappa shape index (κ2) is 6.54. The summed E-state index contributed by atoms with van der Waals surface area (Å²) < 4.78 is 37.9. The number of hydrogen-bond donors (Lipinski definition) is 1. The van der Waals surface area contributed by atoms with Crippen LogP contribution in [0.4, 0.5) is 13.2 Å². The van der Waals surface area contributed by atoms with Crippen molar-refractivity contribution >= 4 is 11.8 Å². The van der Waals surface area contributed by atoms with E-state index in [4.69, 9.17) is 0 Å². The van der Waals surface area contributed by atoms with E-state index in [1.165, 1.54) is 23.9 Å². The first kappa shape index (κ1) is 15.9. The molecule has 0 spiro atoms. The van der Waals surface area contributed by atoms with Crippen molar-refractivity contribution < 1.29 is 18.3 Å². The largest absolute Gasteiger partial charge is 0.416 e. The highest BCUT2D eigenvalue weighted by molar-refractivity contribution is 7.99. The van der Waals surface area contributed by atoms with Crippen molar-refractivity contribution in [1.82, 2.24) is 0 Å². The zero-order valence-electron chi connectivity index (χ0n) is 11.4. The number of thioether (sulfide) groups is 1. The molecule has 0 saturated heterocycles. The molecule has 2 aromatic rings. The standard InChI is InChI=1S/C16H15F3OS/c1-11-4-2-7-14(8-11)21-10-15(20)12-5-3-6-13(9-12)16(17,18)19/h2-9,15,20H,10H2,1H3. The average Bonchev–Trinajstić information content (AvgIpc) is 2.44. The highest BCUT2D eigenvalue weighted by Crippen LogP contribution is 2.32. The van der Waals surface area contributed by atoms with Gasteiger partial charge in [0.25, 0.3) is 0 Å². The van der Waals surface area contributed by atoms with Gasteiger partial charge in [-0.1, -0.05) is 29.8 Å². The maximum Gasteiger partial charge on any atom is 0.416 e. The van der Waals surface area contributed by atoms with Crippen LogP contribution in [0.3, 0.4) is 0 Å². The van der Waals surface area contributed by atoms with Crippen molar-refractivity contribution in [3.8, 4) is 0 Å². The Morgan fingerprint density at radius 1 is 1.10 bits per heavy atom. The minimum atomic E-state index is -4.39. The first-order chi connectivity index (χ1) is 9.86. The maximum absolute atomic E-state index is 12.6. The molecule has 0 saturated carbocycles. The molecule has 0 aromatic heterocycles. The number of hydrogen-bond acceptors (Lipinski definition) is 2. The van der Waals surface area contributed by atoms with Crippen molar-refractivity contribution in [2.45, 2.75) is 24.1 Å². The van der Waals surface area contributed by atoms with Crippen LogP contribution in [0.1, 0.15) is 22.8 Å². The van der Waals surface area contributed by atoms with Gasteiger partial charge in [0.05, 0.1) is 11.7 Å². The Balaban J connectivity index is 2.05. The first-order valence-corrected chi connectivity index (χ1v) is 7.39. The molecule has 21 heavy (non-hydrogen) atoms. The summed E-state index contributed by atoms with van der Waals surface area (Å²) in [6.07, 6.45) is -5.32. The van der Waals surface area contributed by atoms with Crippen molar-refractivity contribution in [3.63, 3.8) is 0 Å². The number of benzene rings is 2. The summed E-state index contributed by atoms with van der Waals surface area (Å²) in [4.78, 5) is 0.987. The van der Waals surface area contributed by atoms with E-state index >= 15 is 0 Å². The van der Waals surface area contributed by atoms with Crippen molar-refractivity contribution in [2.75, 3.05) is 5.75 Å². The Hall–Kier alpha value is -1.46. The summed E-state index contributed by atoms with van der Waals surface area (Å²) in [7, 11) is 0. The van der Waals surface area contributed by atoms with Crippen LogP contribution in [0.25, 0.3) is 0 Å². The molecule has 1 N–H and O–H groups in total. The van der Waals surface area contributed by atoms with Gasteiger partial charge < -0.3 is 5.11 Å². The van der Waals surface area contributed by atoms with Crippen LogP contribution >= 0.6 is 11.8 Å². The van der Waals surface area contributed by atoms with Crippen LogP contribution in [0.2, 0.25) is 0 Å². The van der Waals surface area contributed by atoms with Crippen LogP contribution in [0.15, 0.2) is 53.4 Å². The summed E-state index contributed by atoms with van der Waals surface area (Å²) in [6.45, 7) is 1.97. The van der Waals surface area contributed by atoms with Crippen LogP contribution in [0.5, 0.6) is 0 Å². The molecule has 0 amide bonds. The SMILES string of the molecule is Cc1cccc(SCC(O)c2cccc(C(F)(F)F)c2)c1. The van der Waals surface area contributed by atoms with Crippen LogP contribution in [0, 0.1) is 6.92 Å². The van der Waals surface area contributed by atoms with Gasteiger partial charge in [0.2, 0.25) is 0 Å². The lowest BCUT2D eigenvalue weighted by atomic mass is 10.1. The number of aliphatic hydroxyl groups is 1. The smallest absolute Gasteiger partial charge is 0.388 e. The second-order valence-electron chi connectivity index (χ2n) is 4.77. The van der Waals surface area contributed by atoms with Crippen LogP contribution < -0.4 is 0 Å². The molecule has 112 valence electrons. The first-order valence-electron chi connectivity index (χ1n) is 6.41. The predicted molar refractivity (Wildman–Crippen MR) is 78.3 cm³/mol. The van der Waals surface area contributed by atoms with Gasteiger partial charge in [0.15, 0.2) is 0 Å². The van der Waals surface area contributed by atoms with E-state index in [1.807, 2.05) is 31.2 Å². The highest BCUT2D eigenvalue weighted by atomic mass is 32.2. The molecule has 1 atom stereocenters. The third kappa shape index (κ3) is 4.51. The molecular formula is C16H15F3OS. The van der Waals surface area contributed by atoms with Gasteiger partial charge in [-0.3, -0.25) is 0 Å². The number of aliphatic hydroxyl groups excluding tert-OH is 1. The Labute approximate surface area is 125 Å². The molecule has 5 heteroatoms. The minimum Gasteiger partial charge on any atom is -0.388 e. The zero-order chi connectivity index (χ0) is 15.5. The van der Waals surface area contributed by atoms with Gasteiger partial charge in [0.1, 0.15) is 0 Å². The lowest BCUT2D eigenvalue weighted by Gasteiger charge is -2.13. The van der Waals surface area contributed by atoms with Gasteiger partial charge in [-0.15, -0.1) is 11.8 Å². The third-order valence-corrected chi connectivity index (χ3v) is 4.07. The number of aryl methyl sites for hydroxylation is 1. The molecular weight excluding hydrogens is 297 g/mol. The Morgan fingerprint density at radius 3 is 2.48 bits per heavy atom. The second-order valence-corrected chi connectivity index (χ2v) is 5.86. The number of rotatable bonds is 4. The molecule has 0 fully saturated rings. The van der Waals surface area contributed by atoms with E-state index in [0.29, 0.717) is 5.75 Å². The summed E-state index contributed by atoms with van der Waals surface area (Å²) in [5.41, 5.74) is 0.651. The minimum absolute atomic E-state index is 0.282. The maximum atomic E-state index is 12.6. The molecule has 0 aliphatic carbocycles. The van der Waals surface area contributed by atoms with E-state index in [0.717, 1.165) is 22.6 Å². The van der Waals surface area contributed by atoms with E-state index in [2.05, 4.69) is 0 Å². The molecule has 2 aromatic carbocycles. The van der Waals surface area contributed by atoms with Crippen molar-refractivity contribution in [2.24, 2.45) is 0 Å². The van der Waals surface area contributed by atoms with E-state index in [-0.39, 0.29) is 5.56 Å². The molecule has 1 nitrogen and oxygen atoms in total. The van der Waals surface area contributed by atoms with Gasteiger partial charge in [-0.05, 0) is 36.8 Å². The summed E-state index contributed by atoms with van der Waals surface area (Å²) in [5.74, 6) is 0.310. The fourth-order valence-corrected chi connectivity index (χ4v) is 2.89. The fourth-order valence-electron chi connectivity index (χ4n) is 1.90. The molecule has 0 aliphatic rings. The Morgan fingerprint density at radius 2 is 1.81 bits per heavy atom. The third-order valence-electron chi connectivity index (χ3n) is 3.00. The molecule has 0 radical (unpaired) electrons. The highest BCUT2D eigenvalue weighted by Gasteiger charge is 2.30. The van der Waals surface area contributed by atoms with Crippen LogP contribution in [-0.4, -0.2) is 10.9 Å². The number of halogens is 3. The summed E-state index contributed by atoms with van der Waals surface area (Å²) >= 11 is 1.42. The quantitative estimate of drug-likeness (QED) is 0.815. The fraction of sp³-hybridized carbons (Fsp3) is 0.250. The van der Waals surface area contributed by atoms with Gasteiger partial charge in [0, 0.05) is 10.6 Å². The normalized spacial score (nSPS) is 13.2. The zero-order valence-corrected chi connectivity index (χ0v) is 12.2.